The third-order valence-corrected chi connectivity index (χ3v) is 7.51. The van der Waals surface area contributed by atoms with E-state index in [2.05, 4.69) is 35.0 Å². The van der Waals surface area contributed by atoms with E-state index < -0.39 is 5.54 Å². The Morgan fingerprint density at radius 2 is 1.91 bits per heavy atom. The molecule has 2 aromatic heterocycles. The lowest BCUT2D eigenvalue weighted by molar-refractivity contribution is -0.134. The predicted molar refractivity (Wildman–Crippen MR) is 132 cm³/mol. The maximum Gasteiger partial charge on any atom is 0.273 e. The molecule has 34 heavy (non-hydrogen) atoms. The molecule has 3 heterocycles. The molecule has 180 valence electrons. The van der Waals surface area contributed by atoms with Crippen LogP contribution in [-0.2, 0) is 16.1 Å². The van der Waals surface area contributed by atoms with Gasteiger partial charge in [0.15, 0.2) is 0 Å². The minimum absolute atomic E-state index is 0.0778. The number of nitrogens with zero attached hydrogens (tertiary/aromatic N) is 3. The van der Waals surface area contributed by atoms with Gasteiger partial charge in [0.2, 0.25) is 5.91 Å². The Hall–Kier alpha value is -3.06. The van der Waals surface area contributed by atoms with Gasteiger partial charge in [-0.1, -0.05) is 30.9 Å². The number of aromatic nitrogens is 2. The van der Waals surface area contributed by atoms with Crippen molar-refractivity contribution in [1.82, 2.24) is 19.4 Å². The third kappa shape index (κ3) is 3.72. The van der Waals surface area contributed by atoms with Gasteiger partial charge < -0.3 is 24.1 Å². The summed E-state index contributed by atoms with van der Waals surface area (Å²) in [5, 5.41) is 4.30. The molecule has 7 nitrogen and oxygen atoms in total. The summed E-state index contributed by atoms with van der Waals surface area (Å²) in [5.74, 6) is -0.215. The van der Waals surface area contributed by atoms with Crippen LogP contribution in [0.25, 0.3) is 16.6 Å². The van der Waals surface area contributed by atoms with Crippen LogP contribution in [0.1, 0.15) is 55.1 Å². The number of hydrogen-bond donors (Lipinski definition) is 1. The number of aryl methyl sites for hydroxylation is 1. The summed E-state index contributed by atoms with van der Waals surface area (Å²) in [6.45, 7) is 5.09. The average Bonchev–Trinajstić information content (AvgIpc) is 3.45. The summed E-state index contributed by atoms with van der Waals surface area (Å²) < 4.78 is 9.40. The van der Waals surface area contributed by atoms with Crippen LogP contribution in [0.3, 0.4) is 0 Å². The Kier molecular flexibility index (Phi) is 5.98. The molecule has 2 amide bonds. The lowest BCUT2D eigenvalue weighted by Crippen LogP contribution is -2.65. The molecule has 0 unspecified atom stereocenters. The first-order chi connectivity index (χ1) is 16.4. The molecule has 1 aromatic carbocycles. The molecule has 1 fully saturated rings. The number of methoxy groups -OCH3 is 1. The standard InChI is InChI=1S/C27H34N4O3/c1-19-11-12-22-21(17-19)23(29-13-7-8-14-29)24-25(32)31(15-16-34-3)27(2,18-30(22)24)26(33)28-20-9-5-4-6-10-20/h7-8,11-14,17,20H,4-6,9-10,15-16,18H2,1-3H3,(H,28,33)/t27-/m1/s1. The van der Waals surface area contributed by atoms with Gasteiger partial charge in [0, 0.05) is 37.5 Å². The maximum absolute atomic E-state index is 14.2. The first kappa shape index (κ1) is 22.7. The Bertz CT molecular complexity index is 1210. The highest BCUT2D eigenvalue weighted by Gasteiger charge is 2.49. The van der Waals surface area contributed by atoms with Crippen LogP contribution < -0.4 is 5.32 Å². The molecule has 7 heteroatoms. The van der Waals surface area contributed by atoms with Crippen molar-refractivity contribution in [1.29, 1.82) is 0 Å². The van der Waals surface area contributed by atoms with E-state index in [-0.39, 0.29) is 17.9 Å². The van der Waals surface area contributed by atoms with E-state index in [1.807, 2.05) is 36.0 Å². The molecule has 0 radical (unpaired) electrons. The fourth-order valence-electron chi connectivity index (χ4n) is 5.63. The monoisotopic (exact) mass is 462 g/mol. The topological polar surface area (TPSA) is 68.5 Å². The van der Waals surface area contributed by atoms with Gasteiger partial charge in [0.1, 0.15) is 11.2 Å². The van der Waals surface area contributed by atoms with Crippen molar-refractivity contribution in [3.05, 3.63) is 54.0 Å². The van der Waals surface area contributed by atoms with E-state index in [9.17, 15) is 9.59 Å². The highest BCUT2D eigenvalue weighted by atomic mass is 16.5. The van der Waals surface area contributed by atoms with E-state index >= 15 is 0 Å². The van der Waals surface area contributed by atoms with Gasteiger partial charge in [-0.3, -0.25) is 9.59 Å². The SMILES string of the molecule is COCCN1C(=O)c2c(-n3cccc3)c3cc(C)ccc3n2C[C@]1(C)C(=O)NC1CCCCC1. The van der Waals surface area contributed by atoms with Gasteiger partial charge in [-0.25, -0.2) is 0 Å². The van der Waals surface area contributed by atoms with Crippen molar-refractivity contribution in [2.24, 2.45) is 0 Å². The highest BCUT2D eigenvalue weighted by molar-refractivity contribution is 6.09. The summed E-state index contributed by atoms with van der Waals surface area (Å²) in [5.41, 5.74) is 2.58. The zero-order chi connectivity index (χ0) is 23.9. The van der Waals surface area contributed by atoms with Crippen LogP contribution in [-0.4, -0.2) is 57.7 Å². The summed E-state index contributed by atoms with van der Waals surface area (Å²) >= 11 is 0. The van der Waals surface area contributed by atoms with Crippen molar-refractivity contribution >= 4 is 22.7 Å². The molecular weight excluding hydrogens is 428 g/mol. The molecule has 0 spiro atoms. The molecule has 3 aromatic rings. The van der Waals surface area contributed by atoms with Gasteiger partial charge in [-0.15, -0.1) is 0 Å². The molecule has 0 saturated heterocycles. The number of nitrogens with one attached hydrogen (secondary N) is 1. The Balaban J connectivity index is 1.64. The molecule has 1 saturated carbocycles. The van der Waals surface area contributed by atoms with Gasteiger partial charge in [0.05, 0.1) is 24.4 Å². The van der Waals surface area contributed by atoms with Crippen LogP contribution in [0, 0.1) is 6.92 Å². The minimum Gasteiger partial charge on any atom is -0.383 e. The van der Waals surface area contributed by atoms with E-state index in [0.717, 1.165) is 47.8 Å². The van der Waals surface area contributed by atoms with Crippen molar-refractivity contribution < 1.29 is 14.3 Å². The normalized spacial score (nSPS) is 21.1. The molecule has 1 aliphatic carbocycles. The largest absolute Gasteiger partial charge is 0.383 e. The zero-order valence-corrected chi connectivity index (χ0v) is 20.3. The Morgan fingerprint density at radius 1 is 1.18 bits per heavy atom. The predicted octanol–water partition coefficient (Wildman–Crippen LogP) is 4.05. The summed E-state index contributed by atoms with van der Waals surface area (Å²) in [6, 6.07) is 10.4. The maximum atomic E-state index is 14.2. The number of ether oxygens (including phenoxy) is 1. The molecule has 5 rings (SSSR count). The molecule has 2 aliphatic rings. The Labute approximate surface area is 200 Å². The van der Waals surface area contributed by atoms with Crippen molar-refractivity contribution in [2.75, 3.05) is 20.3 Å². The van der Waals surface area contributed by atoms with Crippen LogP contribution in [0.5, 0.6) is 0 Å². The second-order valence-electron chi connectivity index (χ2n) is 9.93. The van der Waals surface area contributed by atoms with E-state index in [1.165, 1.54) is 6.42 Å². The first-order valence-corrected chi connectivity index (χ1v) is 12.3. The van der Waals surface area contributed by atoms with Gasteiger partial charge in [-0.2, -0.15) is 0 Å². The van der Waals surface area contributed by atoms with E-state index in [0.29, 0.717) is 25.4 Å². The number of hydrogen-bond acceptors (Lipinski definition) is 3. The third-order valence-electron chi connectivity index (χ3n) is 7.51. The molecule has 1 aliphatic heterocycles. The number of fused-ring (bicyclic) bond motifs is 3. The van der Waals surface area contributed by atoms with Crippen molar-refractivity contribution in [3.63, 3.8) is 0 Å². The van der Waals surface area contributed by atoms with Crippen molar-refractivity contribution in [2.45, 2.75) is 64.1 Å². The molecule has 0 bridgehead atoms. The number of carbonyl (C=O) groups is 2. The second kappa shape index (κ2) is 8.95. The summed E-state index contributed by atoms with van der Waals surface area (Å²) in [4.78, 5) is 29.7. The van der Waals surface area contributed by atoms with Crippen LogP contribution in [0.4, 0.5) is 0 Å². The summed E-state index contributed by atoms with van der Waals surface area (Å²) in [7, 11) is 1.62. The van der Waals surface area contributed by atoms with E-state index in [1.54, 1.807) is 12.0 Å². The number of rotatable bonds is 6. The first-order valence-electron chi connectivity index (χ1n) is 12.3. The van der Waals surface area contributed by atoms with Gasteiger partial charge >= 0.3 is 0 Å². The van der Waals surface area contributed by atoms with Crippen LogP contribution >= 0.6 is 0 Å². The second-order valence-corrected chi connectivity index (χ2v) is 9.93. The highest BCUT2D eigenvalue weighted by Crippen LogP contribution is 2.38. The average molecular weight is 463 g/mol. The van der Waals surface area contributed by atoms with Crippen LogP contribution in [0.15, 0.2) is 42.7 Å². The van der Waals surface area contributed by atoms with Crippen molar-refractivity contribution in [3.8, 4) is 5.69 Å². The Morgan fingerprint density at radius 3 is 2.62 bits per heavy atom. The lowest BCUT2D eigenvalue weighted by Gasteiger charge is -2.45. The van der Waals surface area contributed by atoms with Crippen LogP contribution in [0.2, 0.25) is 0 Å². The van der Waals surface area contributed by atoms with Gasteiger partial charge in [0.25, 0.3) is 5.91 Å². The summed E-state index contributed by atoms with van der Waals surface area (Å²) in [6.07, 6.45) is 9.44. The molecular formula is C27H34N4O3. The molecule has 1 atom stereocenters. The smallest absolute Gasteiger partial charge is 0.273 e. The zero-order valence-electron chi connectivity index (χ0n) is 20.3. The molecule has 1 N–H and O–H groups in total. The van der Waals surface area contributed by atoms with Gasteiger partial charge in [-0.05, 0) is 51.0 Å². The number of carbonyl (C=O) groups excluding carboxylic acids is 2. The lowest BCUT2D eigenvalue weighted by atomic mass is 9.91. The fraction of sp³-hybridized carbons (Fsp3) is 0.481. The number of amides is 2. The number of benzene rings is 1. The quantitative estimate of drug-likeness (QED) is 0.601. The van der Waals surface area contributed by atoms with E-state index in [4.69, 9.17) is 4.74 Å². The fourth-order valence-corrected chi connectivity index (χ4v) is 5.63. The minimum atomic E-state index is -1.01.